The van der Waals surface area contributed by atoms with Crippen LogP contribution in [0, 0.1) is 0 Å². The van der Waals surface area contributed by atoms with Gasteiger partial charge in [0.25, 0.3) is 0 Å². The van der Waals surface area contributed by atoms with Crippen molar-refractivity contribution in [1.29, 1.82) is 0 Å². The second-order valence-corrected chi connectivity index (χ2v) is 5.93. The molecule has 2 aromatic rings. The summed E-state index contributed by atoms with van der Waals surface area (Å²) in [6, 6.07) is 4.10. The van der Waals surface area contributed by atoms with Gasteiger partial charge in [0.2, 0.25) is 5.91 Å². The number of carbonyl (C=O) groups is 1. The molecule has 0 fully saturated rings. The minimum atomic E-state index is -0.0540. The van der Waals surface area contributed by atoms with Crippen LogP contribution in [0.3, 0.4) is 0 Å². The zero-order valence-electron chi connectivity index (χ0n) is 12.6. The monoisotopic (exact) mass is 306 g/mol. The van der Waals surface area contributed by atoms with E-state index in [-0.39, 0.29) is 11.9 Å². The van der Waals surface area contributed by atoms with Crippen molar-refractivity contribution in [3.63, 3.8) is 0 Å². The average Bonchev–Trinajstić information content (AvgIpc) is 3.15. The molecule has 114 valence electrons. The minimum Gasteiger partial charge on any atom is -0.346 e. The quantitative estimate of drug-likeness (QED) is 0.815. The first-order valence-electron chi connectivity index (χ1n) is 7.44. The molecule has 0 aliphatic heterocycles. The molecule has 5 nitrogen and oxygen atoms in total. The molecule has 0 saturated heterocycles. The number of thiophene rings is 1. The molecule has 0 bridgehead atoms. The Kier molecular flexibility index (Phi) is 5.92. The number of nitrogens with one attached hydrogen (secondary N) is 1. The lowest BCUT2D eigenvalue weighted by atomic mass is 10.1. The fraction of sp³-hybridized carbons (Fsp3) is 0.533. The second-order valence-electron chi connectivity index (χ2n) is 4.90. The van der Waals surface area contributed by atoms with Crippen LogP contribution in [-0.2, 0) is 17.8 Å². The van der Waals surface area contributed by atoms with E-state index in [2.05, 4.69) is 26.8 Å². The number of rotatable bonds is 8. The van der Waals surface area contributed by atoms with Crippen molar-refractivity contribution in [2.75, 3.05) is 0 Å². The maximum Gasteiger partial charge on any atom is 0.220 e. The van der Waals surface area contributed by atoms with Crippen molar-refractivity contribution >= 4 is 17.2 Å². The van der Waals surface area contributed by atoms with Gasteiger partial charge in [0.1, 0.15) is 12.2 Å². The predicted molar refractivity (Wildman–Crippen MR) is 84.1 cm³/mol. The highest BCUT2D eigenvalue weighted by molar-refractivity contribution is 7.09. The van der Waals surface area contributed by atoms with Crippen LogP contribution in [0.4, 0.5) is 0 Å². The number of carbonyl (C=O) groups excluding carboxylic acids is 1. The lowest BCUT2D eigenvalue weighted by molar-refractivity contribution is -0.122. The minimum absolute atomic E-state index is 0.0540. The largest absolute Gasteiger partial charge is 0.346 e. The Hall–Kier alpha value is -1.69. The number of aromatic nitrogens is 3. The molecule has 1 N–H and O–H groups in total. The fourth-order valence-electron chi connectivity index (χ4n) is 2.28. The first kappa shape index (κ1) is 15.7. The van der Waals surface area contributed by atoms with Gasteiger partial charge in [0.05, 0.1) is 6.04 Å². The maximum absolute atomic E-state index is 12.1. The third-order valence-corrected chi connectivity index (χ3v) is 4.34. The Morgan fingerprint density at radius 1 is 1.48 bits per heavy atom. The van der Waals surface area contributed by atoms with E-state index in [4.69, 9.17) is 0 Å². The third kappa shape index (κ3) is 4.39. The van der Waals surface area contributed by atoms with Crippen molar-refractivity contribution < 1.29 is 4.79 Å². The topological polar surface area (TPSA) is 59.8 Å². The van der Waals surface area contributed by atoms with Crippen molar-refractivity contribution in [2.24, 2.45) is 0 Å². The van der Waals surface area contributed by atoms with Crippen molar-refractivity contribution in [2.45, 2.75) is 52.1 Å². The van der Waals surface area contributed by atoms with E-state index in [1.165, 1.54) is 4.88 Å². The lowest BCUT2D eigenvalue weighted by Gasteiger charge is -2.16. The summed E-state index contributed by atoms with van der Waals surface area (Å²) in [7, 11) is 0. The molecule has 0 aliphatic rings. The first-order valence-corrected chi connectivity index (χ1v) is 8.32. The van der Waals surface area contributed by atoms with Crippen molar-refractivity contribution in [3.05, 3.63) is 34.5 Å². The molecule has 21 heavy (non-hydrogen) atoms. The summed E-state index contributed by atoms with van der Waals surface area (Å²) >= 11 is 1.74. The normalized spacial score (nSPS) is 12.3. The summed E-state index contributed by atoms with van der Waals surface area (Å²) in [6.45, 7) is 4.83. The summed E-state index contributed by atoms with van der Waals surface area (Å²) in [5.41, 5.74) is 0. The van der Waals surface area contributed by atoms with Crippen LogP contribution in [0.1, 0.15) is 49.9 Å². The summed E-state index contributed by atoms with van der Waals surface area (Å²) in [5, 5.41) is 9.30. The van der Waals surface area contributed by atoms with Gasteiger partial charge >= 0.3 is 0 Å². The molecule has 0 spiro atoms. The van der Waals surface area contributed by atoms with Crippen molar-refractivity contribution in [1.82, 2.24) is 20.1 Å². The lowest BCUT2D eigenvalue weighted by Crippen LogP contribution is -2.30. The van der Waals surface area contributed by atoms with Crippen LogP contribution in [0.25, 0.3) is 0 Å². The van der Waals surface area contributed by atoms with Gasteiger partial charge < -0.3 is 5.32 Å². The van der Waals surface area contributed by atoms with Gasteiger partial charge in [-0.15, -0.1) is 11.3 Å². The van der Waals surface area contributed by atoms with Gasteiger partial charge in [-0.1, -0.05) is 13.0 Å². The molecule has 0 unspecified atom stereocenters. The van der Waals surface area contributed by atoms with Crippen LogP contribution in [0.5, 0.6) is 0 Å². The molecule has 6 heteroatoms. The Bertz CT molecular complexity index is 550. The summed E-state index contributed by atoms with van der Waals surface area (Å²) in [5.74, 6) is 0.927. The standard InChI is InChI=1S/C15H22N4OS/c1-3-13(15-16-11-17-19(15)4-2)18-14(20)9-5-7-12-8-6-10-21-12/h6,8,10-11,13H,3-5,7,9H2,1-2H3,(H,18,20)/t13-/m1/s1. The summed E-state index contributed by atoms with van der Waals surface area (Å²) in [6.07, 6.45) is 4.75. The summed E-state index contributed by atoms with van der Waals surface area (Å²) in [4.78, 5) is 17.7. The number of hydrogen-bond donors (Lipinski definition) is 1. The average molecular weight is 306 g/mol. The highest BCUT2D eigenvalue weighted by atomic mass is 32.1. The van der Waals surface area contributed by atoms with Crippen LogP contribution >= 0.6 is 11.3 Å². The van der Waals surface area contributed by atoms with Crippen LogP contribution in [0.2, 0.25) is 0 Å². The van der Waals surface area contributed by atoms with Gasteiger partial charge in [-0.25, -0.2) is 9.67 Å². The summed E-state index contributed by atoms with van der Waals surface area (Å²) < 4.78 is 1.83. The van der Waals surface area contributed by atoms with Crippen molar-refractivity contribution in [3.8, 4) is 0 Å². The van der Waals surface area contributed by atoms with E-state index < -0.39 is 0 Å². The van der Waals surface area contributed by atoms with E-state index >= 15 is 0 Å². The molecule has 0 aromatic carbocycles. The van der Waals surface area contributed by atoms with Gasteiger partial charge in [0, 0.05) is 17.8 Å². The van der Waals surface area contributed by atoms with E-state index in [1.807, 2.05) is 24.6 Å². The highest BCUT2D eigenvalue weighted by Crippen LogP contribution is 2.15. The Morgan fingerprint density at radius 2 is 2.33 bits per heavy atom. The number of hydrogen-bond acceptors (Lipinski definition) is 4. The zero-order chi connectivity index (χ0) is 15.1. The Morgan fingerprint density at radius 3 is 3.00 bits per heavy atom. The van der Waals surface area contributed by atoms with Gasteiger partial charge in [-0.2, -0.15) is 5.10 Å². The van der Waals surface area contributed by atoms with Crippen LogP contribution < -0.4 is 5.32 Å². The predicted octanol–water partition coefficient (Wildman–Crippen LogP) is 2.95. The molecule has 0 aliphatic carbocycles. The first-order chi connectivity index (χ1) is 10.2. The molecule has 0 radical (unpaired) electrons. The van der Waals surface area contributed by atoms with Gasteiger partial charge in [-0.3, -0.25) is 4.79 Å². The molecular formula is C15H22N4OS. The van der Waals surface area contributed by atoms with E-state index in [0.29, 0.717) is 6.42 Å². The maximum atomic E-state index is 12.1. The molecule has 1 amide bonds. The Labute approximate surface area is 129 Å². The molecule has 2 heterocycles. The van der Waals surface area contributed by atoms with Crippen LogP contribution in [0.15, 0.2) is 23.8 Å². The van der Waals surface area contributed by atoms with E-state index in [1.54, 1.807) is 17.7 Å². The molecule has 1 atom stereocenters. The smallest absolute Gasteiger partial charge is 0.220 e. The van der Waals surface area contributed by atoms with Gasteiger partial charge in [-0.05, 0) is 37.6 Å². The zero-order valence-corrected chi connectivity index (χ0v) is 13.4. The molecule has 0 saturated carbocycles. The van der Waals surface area contributed by atoms with Gasteiger partial charge in [0.15, 0.2) is 0 Å². The number of amides is 1. The Balaban J connectivity index is 1.82. The highest BCUT2D eigenvalue weighted by Gasteiger charge is 2.17. The second kappa shape index (κ2) is 7.93. The SMILES string of the molecule is CC[C@@H](NC(=O)CCCc1cccs1)c1ncnn1CC. The van der Waals surface area contributed by atoms with E-state index in [9.17, 15) is 4.79 Å². The molecule has 2 aromatic heterocycles. The fourth-order valence-corrected chi connectivity index (χ4v) is 3.03. The third-order valence-electron chi connectivity index (χ3n) is 3.41. The molecular weight excluding hydrogens is 284 g/mol. The molecule has 2 rings (SSSR count). The number of nitrogens with zero attached hydrogens (tertiary/aromatic N) is 3. The van der Waals surface area contributed by atoms with E-state index in [0.717, 1.165) is 31.6 Å². The number of aryl methyl sites for hydroxylation is 2. The van der Waals surface area contributed by atoms with Crippen LogP contribution in [-0.4, -0.2) is 20.7 Å².